The summed E-state index contributed by atoms with van der Waals surface area (Å²) in [6, 6.07) is 5.81. The molecule has 0 N–H and O–H groups in total. The van der Waals surface area contributed by atoms with E-state index in [2.05, 4.69) is 0 Å². The second kappa shape index (κ2) is 5.77. The van der Waals surface area contributed by atoms with Crippen molar-refractivity contribution in [2.75, 3.05) is 13.2 Å². The fourth-order valence-corrected chi connectivity index (χ4v) is 1.81. The zero-order chi connectivity index (χ0) is 12.1. The average molecular weight is 238 g/mol. The van der Waals surface area contributed by atoms with E-state index < -0.39 is 11.8 Å². The molecule has 1 heterocycles. The number of carbonyl (C=O) groups is 1. The molecule has 0 radical (unpaired) electrons. The van der Waals surface area contributed by atoms with E-state index in [-0.39, 0.29) is 18.3 Å². The molecule has 0 aromatic heterocycles. The molecule has 1 aliphatic heterocycles. The molecule has 4 heteroatoms. The molecule has 1 fully saturated rings. The van der Waals surface area contributed by atoms with Crippen molar-refractivity contribution in [2.24, 2.45) is 0 Å². The number of hydrogen-bond acceptors (Lipinski definition) is 3. The molecule has 2 rings (SSSR count). The second-order valence-electron chi connectivity index (χ2n) is 4.07. The summed E-state index contributed by atoms with van der Waals surface area (Å²) in [6.45, 7) is 0.912. The van der Waals surface area contributed by atoms with Gasteiger partial charge in [-0.1, -0.05) is 12.1 Å². The van der Waals surface area contributed by atoms with Gasteiger partial charge in [-0.05, 0) is 31.4 Å². The lowest BCUT2D eigenvalue weighted by atomic mass is 10.1. The fraction of sp³-hybridized carbons (Fsp3) is 0.462. The average Bonchev–Trinajstić information content (AvgIpc) is 2.38. The predicted octanol–water partition coefficient (Wildman–Crippen LogP) is 2.55. The minimum Gasteiger partial charge on any atom is -0.459 e. The number of rotatable bonds is 3. The van der Waals surface area contributed by atoms with Crippen LogP contribution in [0.3, 0.4) is 0 Å². The SMILES string of the molecule is O=C(OC[C@@H]1CCCCO1)c1ccccc1F. The first-order chi connectivity index (χ1) is 8.27. The van der Waals surface area contributed by atoms with Gasteiger partial charge >= 0.3 is 5.97 Å². The van der Waals surface area contributed by atoms with Crippen LogP contribution < -0.4 is 0 Å². The van der Waals surface area contributed by atoms with Gasteiger partial charge < -0.3 is 9.47 Å². The third kappa shape index (κ3) is 3.27. The lowest BCUT2D eigenvalue weighted by Gasteiger charge is -2.22. The Labute approximate surface area is 99.5 Å². The molecule has 0 bridgehead atoms. The highest BCUT2D eigenvalue weighted by Gasteiger charge is 2.18. The van der Waals surface area contributed by atoms with Crippen molar-refractivity contribution in [1.29, 1.82) is 0 Å². The smallest absolute Gasteiger partial charge is 0.341 e. The monoisotopic (exact) mass is 238 g/mol. The van der Waals surface area contributed by atoms with Gasteiger partial charge in [-0.25, -0.2) is 9.18 Å². The molecule has 0 unspecified atom stereocenters. The Kier molecular flexibility index (Phi) is 4.09. The van der Waals surface area contributed by atoms with Crippen molar-refractivity contribution in [3.05, 3.63) is 35.6 Å². The molecule has 0 spiro atoms. The van der Waals surface area contributed by atoms with E-state index in [1.807, 2.05) is 0 Å². The van der Waals surface area contributed by atoms with E-state index in [0.717, 1.165) is 19.3 Å². The summed E-state index contributed by atoms with van der Waals surface area (Å²) in [6.07, 6.45) is 2.99. The summed E-state index contributed by atoms with van der Waals surface area (Å²) in [5.41, 5.74) is -0.0247. The van der Waals surface area contributed by atoms with Gasteiger partial charge in [-0.2, -0.15) is 0 Å². The van der Waals surface area contributed by atoms with Crippen LogP contribution >= 0.6 is 0 Å². The Morgan fingerprint density at radius 1 is 1.41 bits per heavy atom. The lowest BCUT2D eigenvalue weighted by molar-refractivity contribution is -0.0302. The number of carbonyl (C=O) groups excluding carboxylic acids is 1. The number of esters is 1. The summed E-state index contributed by atoms with van der Waals surface area (Å²) < 4.78 is 23.7. The number of benzene rings is 1. The van der Waals surface area contributed by atoms with E-state index in [4.69, 9.17) is 9.47 Å². The predicted molar refractivity (Wildman–Crippen MR) is 60.3 cm³/mol. The fourth-order valence-electron chi connectivity index (χ4n) is 1.81. The minimum atomic E-state index is -0.628. The largest absolute Gasteiger partial charge is 0.459 e. The zero-order valence-corrected chi connectivity index (χ0v) is 9.52. The van der Waals surface area contributed by atoms with E-state index in [1.165, 1.54) is 18.2 Å². The van der Waals surface area contributed by atoms with Crippen LogP contribution in [0, 0.1) is 5.82 Å². The Balaban J connectivity index is 1.87. The third-order valence-electron chi connectivity index (χ3n) is 2.77. The lowest BCUT2D eigenvalue weighted by Crippen LogP contribution is -2.26. The topological polar surface area (TPSA) is 35.5 Å². The normalized spacial score (nSPS) is 19.9. The van der Waals surface area contributed by atoms with E-state index in [1.54, 1.807) is 6.07 Å². The minimum absolute atomic E-state index is 0.0247. The number of halogens is 1. The molecule has 17 heavy (non-hydrogen) atoms. The van der Waals surface area contributed by atoms with Crippen molar-refractivity contribution < 1.29 is 18.7 Å². The molecule has 92 valence electrons. The summed E-state index contributed by atoms with van der Waals surface area (Å²) in [5.74, 6) is -1.18. The summed E-state index contributed by atoms with van der Waals surface area (Å²) in [4.78, 5) is 11.6. The maximum Gasteiger partial charge on any atom is 0.341 e. The first-order valence-electron chi connectivity index (χ1n) is 5.80. The van der Waals surface area contributed by atoms with E-state index in [0.29, 0.717) is 6.61 Å². The Hall–Kier alpha value is -1.42. The van der Waals surface area contributed by atoms with Gasteiger partial charge in [0.1, 0.15) is 12.4 Å². The van der Waals surface area contributed by atoms with Crippen molar-refractivity contribution in [3.63, 3.8) is 0 Å². The van der Waals surface area contributed by atoms with Crippen LogP contribution in [0.1, 0.15) is 29.6 Å². The molecule has 0 amide bonds. The molecule has 0 aliphatic carbocycles. The highest BCUT2D eigenvalue weighted by atomic mass is 19.1. The molecule has 1 saturated heterocycles. The zero-order valence-electron chi connectivity index (χ0n) is 9.52. The van der Waals surface area contributed by atoms with Crippen LogP contribution in [0.2, 0.25) is 0 Å². The van der Waals surface area contributed by atoms with Crippen molar-refractivity contribution in [2.45, 2.75) is 25.4 Å². The first kappa shape index (κ1) is 12.0. The maximum atomic E-state index is 13.3. The molecule has 1 aliphatic rings. The van der Waals surface area contributed by atoms with Gasteiger partial charge in [0.2, 0.25) is 0 Å². The summed E-state index contributed by atoms with van der Waals surface area (Å²) >= 11 is 0. The van der Waals surface area contributed by atoms with Crippen LogP contribution in [0.4, 0.5) is 4.39 Å². The van der Waals surface area contributed by atoms with Crippen LogP contribution in [-0.4, -0.2) is 25.3 Å². The number of hydrogen-bond donors (Lipinski definition) is 0. The Morgan fingerprint density at radius 2 is 2.24 bits per heavy atom. The molecular formula is C13H15FO3. The first-order valence-corrected chi connectivity index (χ1v) is 5.80. The molecule has 0 saturated carbocycles. The van der Waals surface area contributed by atoms with E-state index >= 15 is 0 Å². The van der Waals surface area contributed by atoms with Gasteiger partial charge in [-0.3, -0.25) is 0 Å². The number of ether oxygens (including phenoxy) is 2. The summed E-state index contributed by atoms with van der Waals surface area (Å²) in [5, 5.41) is 0. The van der Waals surface area contributed by atoms with Crippen LogP contribution in [0.5, 0.6) is 0 Å². The highest BCUT2D eigenvalue weighted by molar-refractivity contribution is 5.89. The van der Waals surface area contributed by atoms with Gasteiger partial charge in [-0.15, -0.1) is 0 Å². The van der Waals surface area contributed by atoms with Crippen LogP contribution in [0.25, 0.3) is 0 Å². The van der Waals surface area contributed by atoms with E-state index in [9.17, 15) is 9.18 Å². The quantitative estimate of drug-likeness (QED) is 0.759. The molecular weight excluding hydrogens is 223 g/mol. The summed E-state index contributed by atoms with van der Waals surface area (Å²) in [7, 11) is 0. The molecule has 1 aromatic carbocycles. The molecule has 3 nitrogen and oxygen atoms in total. The van der Waals surface area contributed by atoms with Crippen LogP contribution in [0.15, 0.2) is 24.3 Å². The van der Waals surface area contributed by atoms with Crippen molar-refractivity contribution in [3.8, 4) is 0 Å². The second-order valence-corrected chi connectivity index (χ2v) is 4.07. The van der Waals surface area contributed by atoms with Gasteiger partial charge in [0.05, 0.1) is 11.7 Å². The molecule has 1 atom stereocenters. The Bertz CT molecular complexity index is 386. The third-order valence-corrected chi connectivity index (χ3v) is 2.77. The van der Waals surface area contributed by atoms with Gasteiger partial charge in [0.25, 0.3) is 0 Å². The van der Waals surface area contributed by atoms with Gasteiger partial charge in [0.15, 0.2) is 0 Å². The maximum absolute atomic E-state index is 13.3. The molecule has 1 aromatic rings. The van der Waals surface area contributed by atoms with Crippen molar-refractivity contribution >= 4 is 5.97 Å². The van der Waals surface area contributed by atoms with Crippen LogP contribution in [-0.2, 0) is 9.47 Å². The standard InChI is InChI=1S/C13H15FO3/c14-12-7-2-1-6-11(12)13(15)17-9-10-5-3-4-8-16-10/h1-2,6-7,10H,3-5,8-9H2/t10-/m0/s1. The highest BCUT2D eigenvalue weighted by Crippen LogP contribution is 2.14. The van der Waals surface area contributed by atoms with Crippen molar-refractivity contribution in [1.82, 2.24) is 0 Å². The van der Waals surface area contributed by atoms with Gasteiger partial charge in [0, 0.05) is 6.61 Å². The Morgan fingerprint density at radius 3 is 2.94 bits per heavy atom.